The number of halogens is 3. The molecule has 0 aliphatic carbocycles. The topological polar surface area (TPSA) is 53.5 Å². The van der Waals surface area contributed by atoms with Crippen LogP contribution in [0.15, 0.2) is 52.7 Å². The van der Waals surface area contributed by atoms with E-state index < -0.39 is 15.8 Å². The lowest BCUT2D eigenvalue weighted by atomic mass is 10.1. The minimum absolute atomic E-state index is 0.0708. The van der Waals surface area contributed by atoms with E-state index in [4.69, 9.17) is 28.2 Å². The quantitative estimate of drug-likeness (QED) is 0.525. The number of anilines is 1. The van der Waals surface area contributed by atoms with Crippen molar-refractivity contribution < 1.29 is 12.8 Å². The fourth-order valence-electron chi connectivity index (χ4n) is 3.28. The van der Waals surface area contributed by atoms with Crippen LogP contribution in [0.5, 0.6) is 0 Å². The van der Waals surface area contributed by atoms with Crippen LogP contribution in [0.3, 0.4) is 0 Å². The van der Waals surface area contributed by atoms with Crippen molar-refractivity contribution in [3.63, 3.8) is 0 Å². The highest BCUT2D eigenvalue weighted by molar-refractivity contribution is 7.89. The van der Waals surface area contributed by atoms with Gasteiger partial charge in [-0.1, -0.05) is 35.3 Å². The fraction of sp³-hybridized carbons (Fsp3) is 0.250. The van der Waals surface area contributed by atoms with Gasteiger partial charge in [-0.25, -0.2) is 17.8 Å². The highest BCUT2D eigenvalue weighted by Crippen LogP contribution is 2.28. The molecule has 5 nitrogen and oxygen atoms in total. The second-order valence-corrected chi connectivity index (χ2v) is 10.5. The molecule has 0 spiro atoms. The van der Waals surface area contributed by atoms with Gasteiger partial charge in [-0.05, 0) is 35.9 Å². The van der Waals surface area contributed by atoms with Gasteiger partial charge in [0, 0.05) is 43.0 Å². The molecule has 1 saturated heterocycles. The van der Waals surface area contributed by atoms with Crippen molar-refractivity contribution in [2.24, 2.45) is 0 Å². The molecule has 1 aliphatic heterocycles. The van der Waals surface area contributed by atoms with E-state index in [9.17, 15) is 12.8 Å². The number of hydrogen-bond donors (Lipinski definition) is 0. The summed E-state index contributed by atoms with van der Waals surface area (Å²) in [5, 5.41) is 3.48. The fourth-order valence-corrected chi connectivity index (χ4v) is 6.21. The van der Waals surface area contributed by atoms with Gasteiger partial charge in [0.1, 0.15) is 10.7 Å². The third-order valence-corrected chi connectivity index (χ3v) is 8.44. The maximum atomic E-state index is 13.3. The summed E-state index contributed by atoms with van der Waals surface area (Å²) in [5.74, 6) is -0.568. The third kappa shape index (κ3) is 4.63. The number of aromatic nitrogens is 1. The lowest BCUT2D eigenvalue weighted by Crippen LogP contribution is -2.48. The molecule has 0 N–H and O–H groups in total. The lowest BCUT2D eigenvalue weighted by molar-refractivity contribution is 0.384. The van der Waals surface area contributed by atoms with Gasteiger partial charge in [0.15, 0.2) is 5.13 Å². The highest BCUT2D eigenvalue weighted by Gasteiger charge is 2.31. The molecule has 1 aliphatic rings. The molecule has 0 amide bonds. The first-order valence-corrected chi connectivity index (χ1v) is 12.3. The summed E-state index contributed by atoms with van der Waals surface area (Å²) in [7, 11) is -3.77. The summed E-state index contributed by atoms with van der Waals surface area (Å²) in [6.45, 7) is 1.65. The molecule has 1 fully saturated rings. The molecule has 30 heavy (non-hydrogen) atoms. The van der Waals surface area contributed by atoms with Gasteiger partial charge in [-0.3, -0.25) is 0 Å². The van der Waals surface area contributed by atoms with Gasteiger partial charge in [-0.15, -0.1) is 11.3 Å². The first kappa shape index (κ1) is 21.5. The van der Waals surface area contributed by atoms with Crippen LogP contribution in [0.25, 0.3) is 0 Å². The minimum Gasteiger partial charge on any atom is -0.345 e. The number of piperazine rings is 1. The number of rotatable bonds is 5. The van der Waals surface area contributed by atoms with Crippen LogP contribution in [-0.2, 0) is 16.4 Å². The van der Waals surface area contributed by atoms with Crippen LogP contribution < -0.4 is 4.90 Å². The van der Waals surface area contributed by atoms with Crippen LogP contribution >= 0.6 is 34.5 Å². The Bertz CT molecular complexity index is 1150. The summed E-state index contributed by atoms with van der Waals surface area (Å²) in [4.78, 5) is 6.71. The van der Waals surface area contributed by atoms with Gasteiger partial charge < -0.3 is 4.90 Å². The monoisotopic (exact) mass is 485 g/mol. The van der Waals surface area contributed by atoms with Crippen LogP contribution in [0, 0.1) is 5.82 Å². The second-order valence-electron chi connectivity index (χ2n) is 6.89. The van der Waals surface area contributed by atoms with Crippen molar-refractivity contribution in [1.29, 1.82) is 0 Å². The standard InChI is InChI=1S/C20H18Cl2FN3O2S2/c21-15-3-1-14(2-4-15)11-17-13-29-20(24-17)25-7-9-26(10-8-25)30(27,28)19-6-5-16(23)12-18(19)22/h1-6,12-13H,7-11H2. The molecule has 0 bridgehead atoms. The van der Waals surface area contributed by atoms with Crippen molar-refractivity contribution in [2.75, 3.05) is 31.1 Å². The van der Waals surface area contributed by atoms with Crippen molar-refractivity contribution in [2.45, 2.75) is 11.3 Å². The van der Waals surface area contributed by atoms with E-state index in [1.807, 2.05) is 29.6 Å². The first-order chi connectivity index (χ1) is 14.3. The van der Waals surface area contributed by atoms with E-state index in [1.165, 1.54) is 10.4 Å². The molecule has 3 aromatic rings. The molecular weight excluding hydrogens is 468 g/mol. The summed E-state index contributed by atoms with van der Waals surface area (Å²) >= 11 is 13.4. The minimum atomic E-state index is -3.77. The van der Waals surface area contributed by atoms with Crippen LogP contribution in [0.1, 0.15) is 11.3 Å². The summed E-state index contributed by atoms with van der Waals surface area (Å²) in [6.07, 6.45) is 0.713. The normalized spacial score (nSPS) is 15.5. The summed E-state index contributed by atoms with van der Waals surface area (Å²) in [6, 6.07) is 11.0. The first-order valence-electron chi connectivity index (χ1n) is 9.22. The van der Waals surface area contributed by atoms with Crippen molar-refractivity contribution >= 4 is 49.7 Å². The zero-order valence-electron chi connectivity index (χ0n) is 15.8. The van der Waals surface area contributed by atoms with Crippen LogP contribution in [0.2, 0.25) is 10.0 Å². The largest absolute Gasteiger partial charge is 0.345 e. The Hall–Kier alpha value is -1.71. The summed E-state index contributed by atoms with van der Waals surface area (Å²) in [5.41, 5.74) is 2.09. The molecule has 0 unspecified atom stereocenters. The molecule has 4 rings (SSSR count). The Labute approximate surface area is 188 Å². The molecule has 2 aromatic carbocycles. The average molecular weight is 486 g/mol. The van der Waals surface area contributed by atoms with E-state index >= 15 is 0 Å². The molecule has 0 atom stereocenters. The lowest BCUT2D eigenvalue weighted by Gasteiger charge is -2.33. The Balaban J connectivity index is 1.41. The number of sulfonamides is 1. The molecule has 158 valence electrons. The van der Waals surface area contributed by atoms with Gasteiger partial charge in [0.25, 0.3) is 0 Å². The zero-order valence-corrected chi connectivity index (χ0v) is 18.9. The maximum Gasteiger partial charge on any atom is 0.244 e. The highest BCUT2D eigenvalue weighted by atomic mass is 35.5. The smallest absolute Gasteiger partial charge is 0.244 e. The Morgan fingerprint density at radius 3 is 2.40 bits per heavy atom. The second kappa shape index (κ2) is 8.80. The third-order valence-electron chi connectivity index (χ3n) is 4.86. The molecule has 2 heterocycles. The van der Waals surface area contributed by atoms with Gasteiger partial charge in [0.05, 0.1) is 10.7 Å². The summed E-state index contributed by atoms with van der Waals surface area (Å²) < 4.78 is 40.4. The van der Waals surface area contributed by atoms with E-state index in [1.54, 1.807) is 11.3 Å². The van der Waals surface area contributed by atoms with Crippen molar-refractivity contribution in [3.05, 3.63) is 75.0 Å². The Morgan fingerprint density at radius 1 is 1.03 bits per heavy atom. The number of hydrogen-bond acceptors (Lipinski definition) is 5. The Morgan fingerprint density at radius 2 is 1.73 bits per heavy atom. The van der Waals surface area contributed by atoms with E-state index in [2.05, 4.69) is 4.90 Å². The molecule has 10 heteroatoms. The molecule has 0 saturated carbocycles. The van der Waals surface area contributed by atoms with E-state index in [0.717, 1.165) is 28.5 Å². The molecular formula is C20H18Cl2FN3O2S2. The van der Waals surface area contributed by atoms with E-state index in [-0.39, 0.29) is 9.92 Å². The zero-order chi connectivity index (χ0) is 21.3. The Kier molecular flexibility index (Phi) is 6.31. The maximum absolute atomic E-state index is 13.3. The molecule has 0 radical (unpaired) electrons. The van der Waals surface area contributed by atoms with Crippen molar-refractivity contribution in [1.82, 2.24) is 9.29 Å². The van der Waals surface area contributed by atoms with E-state index in [0.29, 0.717) is 37.6 Å². The molecule has 1 aromatic heterocycles. The van der Waals surface area contributed by atoms with Crippen LogP contribution in [0.4, 0.5) is 9.52 Å². The van der Waals surface area contributed by atoms with Gasteiger partial charge in [-0.2, -0.15) is 4.31 Å². The van der Waals surface area contributed by atoms with Gasteiger partial charge in [0.2, 0.25) is 10.0 Å². The average Bonchev–Trinajstić information content (AvgIpc) is 3.18. The predicted octanol–water partition coefficient (Wildman–Crippen LogP) is 4.69. The number of nitrogens with zero attached hydrogens (tertiary/aromatic N) is 3. The SMILES string of the molecule is O=S(=O)(c1ccc(F)cc1Cl)N1CCN(c2nc(Cc3ccc(Cl)cc3)cs2)CC1. The number of thiazole rings is 1. The van der Waals surface area contributed by atoms with Gasteiger partial charge >= 0.3 is 0 Å². The number of benzene rings is 2. The predicted molar refractivity (Wildman–Crippen MR) is 119 cm³/mol. The van der Waals surface area contributed by atoms with Crippen LogP contribution in [-0.4, -0.2) is 43.9 Å². The van der Waals surface area contributed by atoms with Crippen molar-refractivity contribution in [3.8, 4) is 0 Å².